The highest BCUT2D eigenvalue weighted by Crippen LogP contribution is 2.14. The van der Waals surface area contributed by atoms with Gasteiger partial charge in [-0.3, -0.25) is 28.8 Å². The van der Waals surface area contributed by atoms with Gasteiger partial charge < -0.3 is 61.4 Å². The molecule has 0 heterocycles. The van der Waals surface area contributed by atoms with Gasteiger partial charge in [0, 0.05) is 38.9 Å². The molecule has 0 bridgehead atoms. The number of rotatable bonds is 45. The largest absolute Gasteiger partial charge is 0.481 e. The van der Waals surface area contributed by atoms with Crippen LogP contribution < -0.4 is 32.5 Å². The lowest BCUT2D eigenvalue weighted by molar-refractivity contribution is -0.142. The Morgan fingerprint density at radius 2 is 0.885 bits per heavy atom. The summed E-state index contributed by atoms with van der Waals surface area (Å²) in [6.07, 6.45) is 16.9. The fourth-order valence-corrected chi connectivity index (χ4v) is 5.94. The van der Waals surface area contributed by atoms with Crippen molar-refractivity contribution in [3.05, 3.63) is 0 Å². The topological polar surface area (TPSA) is 303 Å². The number of hydroxylamine groups is 1. The summed E-state index contributed by atoms with van der Waals surface area (Å²) in [6.45, 7) is 1.74. The standard InChI is InChI=1S/C41H76N6O14/c42-40(54)33(47-57)17-15-16-22-43-37(50)31-60-29-28-59-26-24-45-38(51)32-61-30-27-58-25-23-44-35(48)21-20-34(41(55)56)46-36(49)18-13-11-9-7-5-3-1-2-4-6-8-10-12-14-19-39(52)53/h33-34,47,57H,1-32H2,(H2,42,54)(H,43,50)(H,44,48)(H,45,51)(H,46,49)(H,52,53)(H,55,56)/t33-,34-/m0/s1. The summed E-state index contributed by atoms with van der Waals surface area (Å²) in [5.41, 5.74) is 6.96. The van der Waals surface area contributed by atoms with E-state index in [4.69, 9.17) is 35.0 Å². The molecular weight excluding hydrogens is 800 g/mol. The van der Waals surface area contributed by atoms with Crippen LogP contribution in [0.5, 0.6) is 0 Å². The highest BCUT2D eigenvalue weighted by Gasteiger charge is 2.21. The van der Waals surface area contributed by atoms with Crippen molar-refractivity contribution in [1.82, 2.24) is 26.7 Å². The number of nitrogens with one attached hydrogen (secondary N) is 5. The third kappa shape index (κ3) is 39.9. The number of ether oxygens (including phenoxy) is 4. The van der Waals surface area contributed by atoms with Crippen molar-refractivity contribution >= 4 is 41.5 Å². The zero-order valence-corrected chi connectivity index (χ0v) is 36.2. The molecule has 5 amide bonds. The van der Waals surface area contributed by atoms with Crippen LogP contribution >= 0.6 is 0 Å². The van der Waals surface area contributed by atoms with Crippen molar-refractivity contribution in [2.24, 2.45) is 5.73 Å². The van der Waals surface area contributed by atoms with Crippen LogP contribution in [-0.2, 0) is 52.5 Å². The molecular formula is C41H76N6O14. The van der Waals surface area contributed by atoms with E-state index >= 15 is 0 Å². The van der Waals surface area contributed by atoms with Gasteiger partial charge in [0.05, 0.1) is 39.6 Å². The molecule has 20 heteroatoms. The third-order valence-electron chi connectivity index (χ3n) is 9.43. The quantitative estimate of drug-likeness (QED) is 0.0313. The van der Waals surface area contributed by atoms with Gasteiger partial charge in [0.15, 0.2) is 0 Å². The number of carbonyl (C=O) groups is 7. The van der Waals surface area contributed by atoms with Crippen molar-refractivity contribution in [2.45, 2.75) is 147 Å². The second-order valence-corrected chi connectivity index (χ2v) is 14.8. The summed E-state index contributed by atoms with van der Waals surface area (Å²) in [7, 11) is 0. The Morgan fingerprint density at radius 1 is 0.443 bits per heavy atom. The van der Waals surface area contributed by atoms with Gasteiger partial charge in [0.25, 0.3) is 0 Å². The zero-order chi connectivity index (χ0) is 45.2. The van der Waals surface area contributed by atoms with Crippen LogP contribution in [0.15, 0.2) is 0 Å². The molecule has 0 aromatic carbocycles. The number of primary amides is 1. The molecule has 0 rings (SSSR count). The fraction of sp³-hybridized carbons (Fsp3) is 0.829. The zero-order valence-electron chi connectivity index (χ0n) is 36.2. The minimum absolute atomic E-state index is 0.0329. The lowest BCUT2D eigenvalue weighted by Gasteiger charge is -2.14. The van der Waals surface area contributed by atoms with E-state index in [1.54, 1.807) is 0 Å². The molecule has 0 aliphatic heterocycles. The Bertz CT molecular complexity index is 1200. The molecule has 0 aromatic rings. The van der Waals surface area contributed by atoms with Crippen molar-refractivity contribution < 1.29 is 67.9 Å². The molecule has 20 nitrogen and oxygen atoms in total. The second-order valence-electron chi connectivity index (χ2n) is 14.8. The molecule has 0 aromatic heterocycles. The number of amides is 5. The van der Waals surface area contributed by atoms with Gasteiger partial charge in [-0.15, -0.1) is 0 Å². The van der Waals surface area contributed by atoms with Crippen LogP contribution in [0.3, 0.4) is 0 Å². The van der Waals surface area contributed by atoms with E-state index in [0.717, 1.165) is 44.9 Å². The smallest absolute Gasteiger partial charge is 0.326 e. The summed E-state index contributed by atoms with van der Waals surface area (Å²) >= 11 is 0. The predicted molar refractivity (Wildman–Crippen MR) is 224 cm³/mol. The predicted octanol–water partition coefficient (Wildman–Crippen LogP) is 2.08. The van der Waals surface area contributed by atoms with Crippen LogP contribution in [0.25, 0.3) is 0 Å². The number of hydrogen-bond acceptors (Lipinski definition) is 13. The number of carboxylic acids is 2. The van der Waals surface area contributed by atoms with Crippen molar-refractivity contribution in [3.63, 3.8) is 0 Å². The first-order valence-corrected chi connectivity index (χ1v) is 22.0. The van der Waals surface area contributed by atoms with Gasteiger partial charge in [-0.25, -0.2) is 4.79 Å². The molecule has 0 aliphatic carbocycles. The van der Waals surface area contributed by atoms with Gasteiger partial charge in [-0.2, -0.15) is 5.48 Å². The summed E-state index contributed by atoms with van der Waals surface area (Å²) in [5, 5.41) is 37.5. The minimum Gasteiger partial charge on any atom is -0.481 e. The molecule has 0 saturated carbocycles. The van der Waals surface area contributed by atoms with Crippen LogP contribution in [0.2, 0.25) is 0 Å². The Kier molecular flexibility index (Phi) is 38.7. The number of nitrogens with two attached hydrogens (primary N) is 1. The fourth-order valence-electron chi connectivity index (χ4n) is 5.94. The van der Waals surface area contributed by atoms with Crippen LogP contribution in [0, 0.1) is 0 Å². The maximum atomic E-state index is 12.3. The summed E-state index contributed by atoms with van der Waals surface area (Å²) in [6, 6.07) is -1.96. The van der Waals surface area contributed by atoms with Crippen LogP contribution in [0.4, 0.5) is 0 Å². The van der Waals surface area contributed by atoms with Gasteiger partial charge in [0.1, 0.15) is 25.3 Å². The molecule has 0 fully saturated rings. The molecule has 0 unspecified atom stereocenters. The first kappa shape index (κ1) is 57.1. The first-order chi connectivity index (χ1) is 29.5. The average molecular weight is 877 g/mol. The maximum absolute atomic E-state index is 12.3. The van der Waals surface area contributed by atoms with E-state index in [1.165, 1.54) is 38.5 Å². The monoisotopic (exact) mass is 877 g/mol. The van der Waals surface area contributed by atoms with Crippen molar-refractivity contribution in [1.29, 1.82) is 0 Å². The maximum Gasteiger partial charge on any atom is 0.326 e. The van der Waals surface area contributed by atoms with Gasteiger partial charge in [-0.1, -0.05) is 77.0 Å². The Hall–Kier alpha value is -3.95. The van der Waals surface area contributed by atoms with E-state index in [1.807, 2.05) is 5.48 Å². The lowest BCUT2D eigenvalue weighted by Crippen LogP contribution is -2.41. The molecule has 0 saturated heterocycles. The minimum atomic E-state index is -1.19. The SMILES string of the molecule is NC(=O)[C@H](CCCCNC(=O)COCCOCCNC(=O)COCCOCCNC(=O)CC[C@H](NC(=O)CCCCCCCCCCCCCCCCC(=O)O)C(=O)O)NO. The van der Waals surface area contributed by atoms with Gasteiger partial charge in [-0.05, 0) is 38.5 Å². The van der Waals surface area contributed by atoms with Gasteiger partial charge >= 0.3 is 11.9 Å². The first-order valence-electron chi connectivity index (χ1n) is 22.0. The molecule has 0 radical (unpaired) electrons. The Balaban J connectivity index is 3.65. The lowest BCUT2D eigenvalue weighted by atomic mass is 10.0. The summed E-state index contributed by atoms with van der Waals surface area (Å²) in [4.78, 5) is 81.3. The van der Waals surface area contributed by atoms with Crippen molar-refractivity contribution in [2.75, 3.05) is 72.5 Å². The van der Waals surface area contributed by atoms with E-state index in [9.17, 15) is 38.7 Å². The molecule has 354 valence electrons. The second kappa shape index (κ2) is 41.4. The van der Waals surface area contributed by atoms with Gasteiger partial charge in [0.2, 0.25) is 29.5 Å². The van der Waals surface area contributed by atoms with E-state index < -0.39 is 29.9 Å². The summed E-state index contributed by atoms with van der Waals surface area (Å²) < 4.78 is 21.2. The van der Waals surface area contributed by atoms with Crippen LogP contribution in [0.1, 0.15) is 135 Å². The van der Waals surface area contributed by atoms with E-state index in [2.05, 4.69) is 21.3 Å². The normalized spacial score (nSPS) is 12.0. The molecule has 10 N–H and O–H groups in total. The molecule has 2 atom stereocenters. The highest BCUT2D eigenvalue weighted by molar-refractivity contribution is 5.84. The summed E-state index contributed by atoms with van der Waals surface area (Å²) in [5.74, 6) is -3.88. The molecule has 61 heavy (non-hydrogen) atoms. The number of carbonyl (C=O) groups excluding carboxylic acids is 5. The highest BCUT2D eigenvalue weighted by atomic mass is 16.5. The van der Waals surface area contributed by atoms with Crippen molar-refractivity contribution in [3.8, 4) is 0 Å². The number of carboxylic acid groups (broad SMARTS) is 2. The van der Waals surface area contributed by atoms with E-state index in [-0.39, 0.29) is 115 Å². The third-order valence-corrected chi connectivity index (χ3v) is 9.43. The molecule has 0 aliphatic rings. The molecule has 0 spiro atoms. The van der Waals surface area contributed by atoms with E-state index in [0.29, 0.717) is 32.2 Å². The van der Waals surface area contributed by atoms with Crippen LogP contribution in [-0.4, -0.2) is 141 Å². The Morgan fingerprint density at radius 3 is 1.34 bits per heavy atom. The number of hydrogen-bond donors (Lipinski definition) is 9. The average Bonchev–Trinajstić information content (AvgIpc) is 3.22. The number of unbranched alkanes of at least 4 members (excludes halogenated alkanes) is 14. The Labute approximate surface area is 360 Å². The number of aliphatic carboxylic acids is 2.